The highest BCUT2D eigenvalue weighted by atomic mass is 79.9. The maximum Gasteiger partial charge on any atom is 0.138 e. The fourth-order valence-electron chi connectivity index (χ4n) is 1.66. The predicted octanol–water partition coefficient (Wildman–Crippen LogP) is 5.17. The lowest BCUT2D eigenvalue weighted by molar-refractivity contribution is 0.333. The zero-order chi connectivity index (χ0) is 13.5. The van der Waals surface area contributed by atoms with Gasteiger partial charge in [-0.3, -0.25) is 0 Å². The summed E-state index contributed by atoms with van der Waals surface area (Å²) < 4.78 is 7.76. The maximum absolute atomic E-state index is 5.69. The Balaban J connectivity index is 0.00000324. The van der Waals surface area contributed by atoms with Crippen LogP contribution in [0.5, 0.6) is 5.75 Å². The van der Waals surface area contributed by atoms with Gasteiger partial charge in [0.1, 0.15) is 5.75 Å². The van der Waals surface area contributed by atoms with Gasteiger partial charge in [-0.2, -0.15) is 0 Å². The molecule has 0 unspecified atom stereocenters. The first-order valence-corrected chi connectivity index (χ1v) is 7.94. The molecular weight excluding hydrogens is 393 g/mol. The van der Waals surface area contributed by atoms with Crippen molar-refractivity contribution in [3.63, 3.8) is 0 Å². The summed E-state index contributed by atoms with van der Waals surface area (Å²) in [7, 11) is 0. The van der Waals surface area contributed by atoms with Gasteiger partial charge in [-0.1, -0.05) is 29.8 Å². The molecule has 19 heavy (non-hydrogen) atoms. The molecule has 0 saturated heterocycles. The van der Waals surface area contributed by atoms with Crippen LogP contribution in [0.1, 0.15) is 32.8 Å². The average molecular weight is 416 g/mol. The van der Waals surface area contributed by atoms with Crippen molar-refractivity contribution in [2.45, 2.75) is 33.7 Å². The third kappa shape index (κ3) is 6.98. The van der Waals surface area contributed by atoms with Crippen LogP contribution in [0.15, 0.2) is 21.1 Å². The number of benzene rings is 1. The Labute approximate surface area is 139 Å². The van der Waals surface area contributed by atoms with E-state index in [4.69, 9.17) is 4.74 Å². The SMILES string of the molecule is CCOc1c(Br)cc(Br)cc1CNCCC(C)C.Cl. The van der Waals surface area contributed by atoms with Gasteiger partial charge in [0.25, 0.3) is 0 Å². The van der Waals surface area contributed by atoms with E-state index in [0.717, 1.165) is 33.7 Å². The first kappa shape index (κ1) is 19.2. The van der Waals surface area contributed by atoms with Crippen molar-refractivity contribution in [1.29, 1.82) is 0 Å². The minimum atomic E-state index is 0. The highest BCUT2D eigenvalue weighted by Gasteiger charge is 2.09. The lowest BCUT2D eigenvalue weighted by Gasteiger charge is -2.14. The standard InChI is InChI=1S/C14H21Br2NO.ClH/c1-4-18-14-11(7-12(15)8-13(14)16)9-17-6-5-10(2)3;/h7-8,10,17H,4-6,9H2,1-3H3;1H. The Hall–Kier alpha value is 0.230. The zero-order valence-corrected chi connectivity index (χ0v) is 15.6. The molecule has 5 heteroatoms. The zero-order valence-electron chi connectivity index (χ0n) is 11.6. The highest BCUT2D eigenvalue weighted by Crippen LogP contribution is 2.32. The molecule has 0 atom stereocenters. The normalized spacial score (nSPS) is 10.4. The van der Waals surface area contributed by atoms with Crippen molar-refractivity contribution in [2.75, 3.05) is 13.2 Å². The number of hydrogen-bond acceptors (Lipinski definition) is 2. The van der Waals surface area contributed by atoms with Crippen LogP contribution in [0.4, 0.5) is 0 Å². The molecule has 0 saturated carbocycles. The Morgan fingerprint density at radius 1 is 1.26 bits per heavy atom. The molecule has 0 aromatic heterocycles. The van der Waals surface area contributed by atoms with Gasteiger partial charge in [0.2, 0.25) is 0 Å². The molecule has 2 nitrogen and oxygen atoms in total. The lowest BCUT2D eigenvalue weighted by atomic mass is 10.1. The number of nitrogens with one attached hydrogen (secondary N) is 1. The minimum Gasteiger partial charge on any atom is -0.492 e. The Morgan fingerprint density at radius 2 is 1.95 bits per heavy atom. The van der Waals surface area contributed by atoms with E-state index >= 15 is 0 Å². The Bertz CT molecular complexity index is 386. The van der Waals surface area contributed by atoms with Gasteiger partial charge in [0.05, 0.1) is 11.1 Å². The molecule has 1 aromatic carbocycles. The molecule has 0 fully saturated rings. The number of hydrogen-bond donors (Lipinski definition) is 1. The summed E-state index contributed by atoms with van der Waals surface area (Å²) in [5.74, 6) is 1.68. The summed E-state index contributed by atoms with van der Waals surface area (Å²) in [6.45, 7) is 9.03. The van der Waals surface area contributed by atoms with E-state index in [0.29, 0.717) is 6.61 Å². The van der Waals surface area contributed by atoms with E-state index in [1.807, 2.05) is 13.0 Å². The van der Waals surface area contributed by atoms with Crippen molar-refractivity contribution < 1.29 is 4.74 Å². The van der Waals surface area contributed by atoms with Gasteiger partial charge < -0.3 is 10.1 Å². The molecule has 0 aliphatic rings. The van der Waals surface area contributed by atoms with Crippen LogP contribution in [-0.4, -0.2) is 13.2 Å². The van der Waals surface area contributed by atoms with Gasteiger partial charge in [-0.25, -0.2) is 0 Å². The van der Waals surface area contributed by atoms with E-state index in [9.17, 15) is 0 Å². The molecule has 0 aliphatic heterocycles. The predicted molar refractivity (Wildman–Crippen MR) is 91.4 cm³/mol. The first-order chi connectivity index (χ1) is 8.54. The number of halogens is 3. The van der Waals surface area contributed by atoms with E-state index < -0.39 is 0 Å². The smallest absolute Gasteiger partial charge is 0.138 e. The summed E-state index contributed by atoms with van der Waals surface area (Å²) in [6.07, 6.45) is 1.19. The summed E-state index contributed by atoms with van der Waals surface area (Å²) in [6, 6.07) is 4.13. The van der Waals surface area contributed by atoms with Crippen LogP contribution in [0, 0.1) is 5.92 Å². The van der Waals surface area contributed by atoms with Crippen molar-refractivity contribution in [3.05, 3.63) is 26.6 Å². The topological polar surface area (TPSA) is 21.3 Å². The fraction of sp³-hybridized carbons (Fsp3) is 0.571. The van der Waals surface area contributed by atoms with Crippen molar-refractivity contribution in [2.24, 2.45) is 5.92 Å². The first-order valence-electron chi connectivity index (χ1n) is 6.36. The van der Waals surface area contributed by atoms with Gasteiger partial charge in [0, 0.05) is 16.6 Å². The van der Waals surface area contributed by atoms with Crippen LogP contribution in [0.2, 0.25) is 0 Å². The van der Waals surface area contributed by atoms with Gasteiger partial charge in [-0.15, -0.1) is 12.4 Å². The largest absolute Gasteiger partial charge is 0.492 e. The third-order valence-corrected chi connectivity index (χ3v) is 3.63. The molecule has 0 amide bonds. The molecule has 110 valence electrons. The second-order valence-electron chi connectivity index (χ2n) is 4.67. The van der Waals surface area contributed by atoms with Crippen LogP contribution in [-0.2, 0) is 6.54 Å². The maximum atomic E-state index is 5.69. The molecule has 1 N–H and O–H groups in total. The van der Waals surface area contributed by atoms with Crippen LogP contribution < -0.4 is 10.1 Å². The highest BCUT2D eigenvalue weighted by molar-refractivity contribution is 9.11. The van der Waals surface area contributed by atoms with Crippen molar-refractivity contribution in [1.82, 2.24) is 5.32 Å². The molecule has 0 bridgehead atoms. The molecule has 0 heterocycles. The monoisotopic (exact) mass is 413 g/mol. The second kappa shape index (κ2) is 10.0. The van der Waals surface area contributed by atoms with E-state index in [2.05, 4.69) is 57.1 Å². The second-order valence-corrected chi connectivity index (χ2v) is 6.44. The Kier molecular flexibility index (Phi) is 10.2. The van der Waals surface area contributed by atoms with Crippen molar-refractivity contribution in [3.8, 4) is 5.75 Å². The fourth-order valence-corrected chi connectivity index (χ4v) is 3.09. The van der Waals surface area contributed by atoms with Gasteiger partial charge >= 0.3 is 0 Å². The summed E-state index contributed by atoms with van der Waals surface area (Å²) in [4.78, 5) is 0. The molecule has 0 aliphatic carbocycles. The molecule has 0 spiro atoms. The van der Waals surface area contributed by atoms with Crippen LogP contribution in [0.3, 0.4) is 0 Å². The van der Waals surface area contributed by atoms with Gasteiger partial charge in [0.15, 0.2) is 0 Å². The summed E-state index contributed by atoms with van der Waals surface area (Å²) >= 11 is 7.07. The van der Waals surface area contributed by atoms with Crippen molar-refractivity contribution >= 4 is 44.3 Å². The average Bonchev–Trinajstić information content (AvgIpc) is 2.28. The number of rotatable bonds is 7. The lowest BCUT2D eigenvalue weighted by Crippen LogP contribution is -2.17. The van der Waals surface area contributed by atoms with E-state index in [1.54, 1.807) is 0 Å². The molecule has 1 rings (SSSR count). The van der Waals surface area contributed by atoms with E-state index in [1.165, 1.54) is 12.0 Å². The summed E-state index contributed by atoms with van der Waals surface area (Å²) in [5, 5.41) is 3.46. The van der Waals surface area contributed by atoms with Crippen LogP contribution in [0.25, 0.3) is 0 Å². The van der Waals surface area contributed by atoms with E-state index in [-0.39, 0.29) is 12.4 Å². The minimum absolute atomic E-state index is 0. The van der Waals surface area contributed by atoms with Crippen LogP contribution >= 0.6 is 44.3 Å². The third-order valence-electron chi connectivity index (χ3n) is 2.59. The quantitative estimate of drug-likeness (QED) is 0.621. The summed E-state index contributed by atoms with van der Waals surface area (Å²) in [5.41, 5.74) is 1.18. The molecule has 1 aromatic rings. The molecule has 0 radical (unpaired) electrons. The number of ether oxygens (including phenoxy) is 1. The molecular formula is C14H22Br2ClNO. The van der Waals surface area contributed by atoms with Gasteiger partial charge in [-0.05, 0) is 53.9 Å². The Morgan fingerprint density at radius 3 is 2.53 bits per heavy atom.